The molecule has 10 nitrogen and oxygen atoms in total. The third-order valence-electron chi connectivity index (χ3n) is 6.74. The smallest absolute Gasteiger partial charge is 0.491 e. The first kappa shape index (κ1) is 24.0. The van der Waals surface area contributed by atoms with E-state index in [0.717, 1.165) is 39.0 Å². The molecule has 0 saturated carbocycles. The largest absolute Gasteiger partial charge is 0.507 e. The third kappa shape index (κ3) is 4.57. The molecule has 13 heteroatoms. The number of benzene rings is 1. The Morgan fingerprint density at radius 3 is 2.39 bits per heavy atom. The molecule has 1 aromatic carbocycles. The zero-order valence-electron chi connectivity index (χ0n) is 19.7. The van der Waals surface area contributed by atoms with E-state index in [-0.39, 0.29) is 16.7 Å². The maximum absolute atomic E-state index is 13.0. The molecule has 0 atom stereocenters. The average molecular weight is 503 g/mol. The lowest BCUT2D eigenvalue weighted by molar-refractivity contribution is -0.189. The van der Waals surface area contributed by atoms with Crippen LogP contribution in [0.2, 0.25) is 0 Å². The number of phenols is 1. The number of carbonyl (C=O) groups is 1. The summed E-state index contributed by atoms with van der Waals surface area (Å²) in [6.07, 6.45) is 1.32. The van der Waals surface area contributed by atoms with Crippen LogP contribution < -0.4 is 9.64 Å². The van der Waals surface area contributed by atoms with Gasteiger partial charge in [0.15, 0.2) is 0 Å². The molecule has 1 spiro atoms. The summed E-state index contributed by atoms with van der Waals surface area (Å²) in [6.45, 7) is 3.70. The Kier molecular flexibility index (Phi) is 5.81. The molecule has 0 aliphatic carbocycles. The molecule has 3 aromatic rings. The first-order valence-corrected chi connectivity index (χ1v) is 11.3. The number of carbonyl (C=O) groups excluding carboxylic acids is 1. The number of hydrogen-bond donors (Lipinski definition) is 1. The standard InChI is InChI=1S/C23H24F3N7O3/c1-31-5-3-22(4-6-31)12-33(13-22)21-27-10-16(29-30-21)19-17(34)7-14(15-9-28-32(2)11-15)8-18(19)36-20(35)23(24,25)26/h7-11,34H,3-6,12-13H2,1-2H3. The molecule has 2 aliphatic rings. The van der Waals surface area contributed by atoms with Gasteiger partial charge in [0.05, 0.1) is 18.0 Å². The van der Waals surface area contributed by atoms with E-state index in [1.807, 2.05) is 4.90 Å². The van der Waals surface area contributed by atoms with E-state index in [0.29, 0.717) is 17.1 Å². The highest BCUT2D eigenvalue weighted by Gasteiger charge is 2.45. The van der Waals surface area contributed by atoms with E-state index >= 15 is 0 Å². The molecule has 0 bridgehead atoms. The van der Waals surface area contributed by atoms with Crippen LogP contribution in [-0.2, 0) is 11.8 Å². The topological polar surface area (TPSA) is 110 Å². The highest BCUT2D eigenvalue weighted by atomic mass is 19.4. The number of rotatable bonds is 4. The van der Waals surface area contributed by atoms with Crippen LogP contribution in [0.5, 0.6) is 11.5 Å². The number of anilines is 1. The quantitative estimate of drug-likeness (QED) is 0.424. The summed E-state index contributed by atoms with van der Waals surface area (Å²) in [5.74, 6) is -3.00. The highest BCUT2D eigenvalue weighted by molar-refractivity contribution is 5.85. The lowest BCUT2D eigenvalue weighted by Gasteiger charge is -2.53. The Morgan fingerprint density at radius 2 is 1.81 bits per heavy atom. The van der Waals surface area contributed by atoms with Crippen molar-refractivity contribution in [2.45, 2.75) is 19.0 Å². The van der Waals surface area contributed by atoms with Crippen LogP contribution in [0.15, 0.2) is 30.7 Å². The van der Waals surface area contributed by atoms with Gasteiger partial charge in [0.1, 0.15) is 17.2 Å². The molecular weight excluding hydrogens is 479 g/mol. The fourth-order valence-corrected chi connectivity index (χ4v) is 4.68. The normalized spacial score (nSPS) is 17.8. The maximum Gasteiger partial charge on any atom is 0.491 e. The van der Waals surface area contributed by atoms with Gasteiger partial charge in [0.25, 0.3) is 0 Å². The summed E-state index contributed by atoms with van der Waals surface area (Å²) in [5, 5.41) is 23.0. The molecule has 4 heterocycles. The fraction of sp³-hybridized carbons (Fsp3) is 0.435. The van der Waals surface area contributed by atoms with Crippen LogP contribution in [0.4, 0.5) is 19.1 Å². The lowest BCUT2D eigenvalue weighted by atomic mass is 9.72. The summed E-state index contributed by atoms with van der Waals surface area (Å²) in [7, 11) is 3.77. The second-order valence-electron chi connectivity index (χ2n) is 9.46. The molecule has 0 amide bonds. The second-order valence-corrected chi connectivity index (χ2v) is 9.46. The van der Waals surface area contributed by atoms with Crippen molar-refractivity contribution in [3.8, 4) is 33.9 Å². The van der Waals surface area contributed by atoms with Crippen LogP contribution in [0.25, 0.3) is 22.4 Å². The highest BCUT2D eigenvalue weighted by Crippen LogP contribution is 2.43. The third-order valence-corrected chi connectivity index (χ3v) is 6.74. The van der Waals surface area contributed by atoms with E-state index in [1.54, 1.807) is 13.2 Å². The summed E-state index contributed by atoms with van der Waals surface area (Å²) >= 11 is 0. The van der Waals surface area contributed by atoms with Gasteiger partial charge in [-0.3, -0.25) is 4.68 Å². The number of hydrogen-bond acceptors (Lipinski definition) is 9. The molecule has 2 fully saturated rings. The zero-order valence-corrected chi connectivity index (χ0v) is 19.7. The Morgan fingerprint density at radius 1 is 1.08 bits per heavy atom. The number of alkyl halides is 3. The van der Waals surface area contributed by atoms with E-state index < -0.39 is 23.6 Å². The van der Waals surface area contributed by atoms with E-state index in [2.05, 4.69) is 37.0 Å². The Hall–Kier alpha value is -3.74. The minimum absolute atomic E-state index is 0.0338. The number of likely N-dealkylation sites (tertiary alicyclic amines) is 1. The molecule has 2 aromatic heterocycles. The van der Waals surface area contributed by atoms with Gasteiger partial charge in [0.2, 0.25) is 5.95 Å². The van der Waals surface area contributed by atoms with Crippen molar-refractivity contribution in [2.24, 2.45) is 12.5 Å². The van der Waals surface area contributed by atoms with Crippen molar-refractivity contribution < 1.29 is 27.8 Å². The zero-order chi connectivity index (χ0) is 25.7. The minimum atomic E-state index is -5.23. The number of nitrogens with zero attached hydrogens (tertiary/aromatic N) is 7. The summed E-state index contributed by atoms with van der Waals surface area (Å²) < 4.78 is 45.0. The Labute approximate surface area is 204 Å². The van der Waals surface area contributed by atoms with Crippen molar-refractivity contribution in [3.63, 3.8) is 0 Å². The van der Waals surface area contributed by atoms with Gasteiger partial charge in [-0.2, -0.15) is 18.3 Å². The summed E-state index contributed by atoms with van der Waals surface area (Å²) in [5.41, 5.74) is 0.795. The SMILES string of the molecule is CN1CCC2(CC1)CN(c1ncc(-c3c(O)cc(-c4cnn(C)c4)cc3OC(=O)C(F)(F)F)nn1)C2. The van der Waals surface area contributed by atoms with Crippen molar-refractivity contribution in [1.82, 2.24) is 29.9 Å². The van der Waals surface area contributed by atoms with Crippen molar-refractivity contribution in [1.29, 1.82) is 0 Å². The van der Waals surface area contributed by atoms with Crippen LogP contribution in [-0.4, -0.2) is 80.3 Å². The van der Waals surface area contributed by atoms with Gasteiger partial charge in [-0.15, -0.1) is 10.2 Å². The first-order valence-electron chi connectivity index (χ1n) is 11.3. The molecule has 190 valence electrons. The predicted octanol–water partition coefficient (Wildman–Crippen LogP) is 2.64. The van der Waals surface area contributed by atoms with E-state index in [1.165, 1.54) is 29.2 Å². The molecule has 0 radical (unpaired) electrons. The molecule has 5 rings (SSSR count). The molecule has 1 N–H and O–H groups in total. The lowest BCUT2D eigenvalue weighted by Crippen LogP contribution is -2.60. The molecular formula is C23H24F3N7O3. The van der Waals surface area contributed by atoms with Crippen LogP contribution >= 0.6 is 0 Å². The molecule has 2 aliphatic heterocycles. The monoisotopic (exact) mass is 503 g/mol. The van der Waals surface area contributed by atoms with E-state index in [4.69, 9.17) is 0 Å². The van der Waals surface area contributed by atoms with Gasteiger partial charge >= 0.3 is 12.1 Å². The first-order chi connectivity index (χ1) is 17.0. The summed E-state index contributed by atoms with van der Waals surface area (Å²) in [6, 6.07) is 2.54. The Balaban J connectivity index is 1.43. The van der Waals surface area contributed by atoms with Crippen molar-refractivity contribution >= 4 is 11.9 Å². The van der Waals surface area contributed by atoms with Gasteiger partial charge < -0.3 is 19.6 Å². The van der Waals surface area contributed by atoms with Crippen LogP contribution in [0.1, 0.15) is 12.8 Å². The number of piperidine rings is 1. The number of esters is 1. The van der Waals surface area contributed by atoms with Gasteiger partial charge in [-0.1, -0.05) is 0 Å². The Bertz CT molecular complexity index is 1280. The number of aryl methyl sites for hydroxylation is 1. The van der Waals surface area contributed by atoms with Crippen LogP contribution in [0, 0.1) is 5.41 Å². The number of aromatic hydroxyl groups is 1. The van der Waals surface area contributed by atoms with Crippen LogP contribution in [0.3, 0.4) is 0 Å². The number of phenolic OH excluding ortho intramolecular Hbond substituents is 1. The van der Waals surface area contributed by atoms with Crippen molar-refractivity contribution in [3.05, 3.63) is 30.7 Å². The maximum atomic E-state index is 13.0. The molecule has 0 unspecified atom stereocenters. The van der Waals surface area contributed by atoms with E-state index in [9.17, 15) is 23.1 Å². The average Bonchev–Trinajstić information content (AvgIpc) is 3.24. The number of aromatic nitrogens is 5. The minimum Gasteiger partial charge on any atom is -0.507 e. The summed E-state index contributed by atoms with van der Waals surface area (Å²) in [4.78, 5) is 20.3. The van der Waals surface area contributed by atoms with Gasteiger partial charge in [-0.25, -0.2) is 9.78 Å². The molecule has 36 heavy (non-hydrogen) atoms. The molecule has 2 saturated heterocycles. The van der Waals surface area contributed by atoms with Crippen molar-refractivity contribution in [2.75, 3.05) is 38.1 Å². The van der Waals surface area contributed by atoms with Gasteiger partial charge in [0, 0.05) is 37.3 Å². The fourth-order valence-electron chi connectivity index (χ4n) is 4.68. The second kappa shape index (κ2) is 8.73. The number of ether oxygens (including phenoxy) is 1. The number of halogens is 3. The van der Waals surface area contributed by atoms with Gasteiger partial charge in [-0.05, 0) is 50.7 Å². The predicted molar refractivity (Wildman–Crippen MR) is 122 cm³/mol.